The number of carboxylic acid groups (broad SMARTS) is 1. The summed E-state index contributed by atoms with van der Waals surface area (Å²) in [6.45, 7) is 1.90. The Morgan fingerprint density at radius 3 is 2.68 bits per heavy atom. The van der Waals surface area contributed by atoms with E-state index < -0.39 is 24.0 Å². The molecule has 0 heterocycles. The Hall–Kier alpha value is -1.95. The Labute approximate surface area is 129 Å². The third-order valence-electron chi connectivity index (χ3n) is 3.40. The quantitative estimate of drug-likeness (QED) is 0.649. The Balaban J connectivity index is 2.47. The van der Waals surface area contributed by atoms with E-state index in [4.69, 9.17) is 10.8 Å². The predicted molar refractivity (Wildman–Crippen MR) is 81.8 cm³/mol. The van der Waals surface area contributed by atoms with Crippen LogP contribution in [0.5, 0.6) is 0 Å². The molecule has 122 valence electrons. The molecule has 0 bridgehead atoms. The third kappa shape index (κ3) is 6.22. The van der Waals surface area contributed by atoms with Crippen LogP contribution >= 0.6 is 0 Å². The van der Waals surface area contributed by atoms with Crippen LogP contribution in [0.4, 0.5) is 4.39 Å². The number of hydrogen-bond acceptors (Lipinski definition) is 3. The first-order valence-electron chi connectivity index (χ1n) is 7.47. The van der Waals surface area contributed by atoms with Crippen molar-refractivity contribution in [2.45, 2.75) is 51.1 Å². The van der Waals surface area contributed by atoms with Crippen LogP contribution in [-0.2, 0) is 16.0 Å². The molecule has 1 aromatic carbocycles. The highest BCUT2D eigenvalue weighted by Gasteiger charge is 2.22. The maximum atomic E-state index is 13.0. The average Bonchev–Trinajstić information content (AvgIpc) is 2.46. The number of benzene rings is 1. The molecule has 1 unspecified atom stereocenters. The van der Waals surface area contributed by atoms with Crippen LogP contribution < -0.4 is 11.1 Å². The molecule has 0 saturated heterocycles. The van der Waals surface area contributed by atoms with Gasteiger partial charge in [0.15, 0.2) is 0 Å². The highest BCUT2D eigenvalue weighted by atomic mass is 19.1. The van der Waals surface area contributed by atoms with Gasteiger partial charge in [-0.3, -0.25) is 4.79 Å². The molecule has 0 aliphatic heterocycles. The number of aliphatic carboxylic acids is 1. The summed E-state index contributed by atoms with van der Waals surface area (Å²) in [6, 6.07) is 4.53. The number of carboxylic acids is 1. The molecular formula is C16H23FN2O3. The van der Waals surface area contributed by atoms with Crippen molar-refractivity contribution >= 4 is 11.9 Å². The maximum absolute atomic E-state index is 13.0. The topological polar surface area (TPSA) is 92.4 Å². The standard InChI is InChI=1S/C16H23FN2O3/c1-2-5-13(18)15(20)19-14(16(21)22)9-4-7-11-6-3-8-12(17)10-11/h3,6,8,10,13-14H,2,4-5,7,9,18H2,1H3,(H,19,20)(H,21,22)/t13-,14?/m0/s1. The van der Waals surface area contributed by atoms with Gasteiger partial charge in [-0.15, -0.1) is 0 Å². The normalized spacial score (nSPS) is 13.4. The number of amides is 1. The summed E-state index contributed by atoms with van der Waals surface area (Å²) in [5.74, 6) is -1.84. The second-order valence-corrected chi connectivity index (χ2v) is 5.32. The van der Waals surface area contributed by atoms with Crippen LogP contribution in [0.3, 0.4) is 0 Å². The van der Waals surface area contributed by atoms with Crippen molar-refractivity contribution in [3.63, 3.8) is 0 Å². The van der Waals surface area contributed by atoms with Crippen molar-refractivity contribution in [2.75, 3.05) is 0 Å². The molecule has 5 nitrogen and oxygen atoms in total. The van der Waals surface area contributed by atoms with Gasteiger partial charge < -0.3 is 16.2 Å². The number of nitrogens with two attached hydrogens (primary N) is 1. The zero-order valence-corrected chi connectivity index (χ0v) is 12.7. The molecule has 22 heavy (non-hydrogen) atoms. The van der Waals surface area contributed by atoms with Crippen molar-refractivity contribution in [3.05, 3.63) is 35.6 Å². The fourth-order valence-electron chi connectivity index (χ4n) is 2.18. The lowest BCUT2D eigenvalue weighted by molar-refractivity contribution is -0.142. The van der Waals surface area contributed by atoms with Gasteiger partial charge in [0.1, 0.15) is 11.9 Å². The molecular weight excluding hydrogens is 287 g/mol. The van der Waals surface area contributed by atoms with Crippen molar-refractivity contribution < 1.29 is 19.1 Å². The van der Waals surface area contributed by atoms with E-state index in [-0.39, 0.29) is 12.2 Å². The summed E-state index contributed by atoms with van der Waals surface area (Å²) >= 11 is 0. The summed E-state index contributed by atoms with van der Waals surface area (Å²) < 4.78 is 13.0. The summed E-state index contributed by atoms with van der Waals surface area (Å²) in [7, 11) is 0. The molecule has 1 amide bonds. The first-order valence-corrected chi connectivity index (χ1v) is 7.47. The zero-order valence-electron chi connectivity index (χ0n) is 12.7. The van der Waals surface area contributed by atoms with E-state index in [0.717, 1.165) is 12.0 Å². The molecule has 1 rings (SSSR count). The second-order valence-electron chi connectivity index (χ2n) is 5.32. The van der Waals surface area contributed by atoms with Gasteiger partial charge in [0.05, 0.1) is 6.04 Å². The number of carbonyl (C=O) groups excluding carboxylic acids is 1. The summed E-state index contributed by atoms with van der Waals surface area (Å²) in [5, 5.41) is 11.6. The molecule has 0 aromatic heterocycles. The van der Waals surface area contributed by atoms with E-state index in [1.165, 1.54) is 12.1 Å². The number of nitrogens with one attached hydrogen (secondary N) is 1. The number of hydrogen-bond donors (Lipinski definition) is 3. The summed E-state index contributed by atoms with van der Waals surface area (Å²) in [5.41, 5.74) is 6.47. The minimum Gasteiger partial charge on any atom is -0.480 e. The second kappa shape index (κ2) is 9.15. The Kier molecular flexibility index (Phi) is 7.52. The molecule has 6 heteroatoms. The van der Waals surface area contributed by atoms with E-state index in [9.17, 15) is 14.0 Å². The minimum absolute atomic E-state index is 0.274. The maximum Gasteiger partial charge on any atom is 0.326 e. The summed E-state index contributed by atoms with van der Waals surface area (Å²) in [6.07, 6.45) is 2.63. The highest BCUT2D eigenvalue weighted by Crippen LogP contribution is 2.09. The van der Waals surface area contributed by atoms with Crippen LogP contribution in [0, 0.1) is 5.82 Å². The van der Waals surface area contributed by atoms with Gasteiger partial charge in [-0.05, 0) is 43.4 Å². The molecule has 0 aliphatic carbocycles. The minimum atomic E-state index is -1.09. The van der Waals surface area contributed by atoms with E-state index in [0.29, 0.717) is 19.3 Å². The molecule has 0 spiro atoms. The fraction of sp³-hybridized carbons (Fsp3) is 0.500. The lowest BCUT2D eigenvalue weighted by Gasteiger charge is -2.17. The number of rotatable bonds is 9. The van der Waals surface area contributed by atoms with Crippen LogP contribution in [-0.4, -0.2) is 29.1 Å². The molecule has 0 aliphatic rings. The monoisotopic (exact) mass is 310 g/mol. The van der Waals surface area contributed by atoms with Crippen LogP contribution in [0.25, 0.3) is 0 Å². The van der Waals surface area contributed by atoms with Gasteiger partial charge in [-0.25, -0.2) is 9.18 Å². The SMILES string of the molecule is CCC[C@H](N)C(=O)NC(CCCc1cccc(F)c1)C(=O)O. The van der Waals surface area contributed by atoms with Gasteiger partial charge in [-0.1, -0.05) is 25.5 Å². The first kappa shape index (κ1) is 18.1. The number of halogens is 1. The number of aryl methyl sites for hydroxylation is 1. The summed E-state index contributed by atoms with van der Waals surface area (Å²) in [4.78, 5) is 23.0. The van der Waals surface area contributed by atoms with E-state index in [2.05, 4.69) is 5.32 Å². The fourth-order valence-corrected chi connectivity index (χ4v) is 2.18. The van der Waals surface area contributed by atoms with Crippen molar-refractivity contribution in [1.82, 2.24) is 5.32 Å². The van der Waals surface area contributed by atoms with Gasteiger partial charge in [0.2, 0.25) is 5.91 Å². The van der Waals surface area contributed by atoms with E-state index in [1.807, 2.05) is 6.92 Å². The molecule has 2 atom stereocenters. The largest absolute Gasteiger partial charge is 0.480 e. The van der Waals surface area contributed by atoms with E-state index >= 15 is 0 Å². The third-order valence-corrected chi connectivity index (χ3v) is 3.40. The zero-order chi connectivity index (χ0) is 16.5. The molecule has 0 saturated carbocycles. The molecule has 1 aromatic rings. The predicted octanol–water partition coefficient (Wildman–Crippen LogP) is 1.85. The Morgan fingerprint density at radius 1 is 1.36 bits per heavy atom. The molecule has 0 fully saturated rings. The van der Waals surface area contributed by atoms with Crippen molar-refractivity contribution in [2.24, 2.45) is 5.73 Å². The molecule has 4 N–H and O–H groups in total. The van der Waals surface area contributed by atoms with E-state index in [1.54, 1.807) is 12.1 Å². The lowest BCUT2D eigenvalue weighted by atomic mass is 10.0. The van der Waals surface area contributed by atoms with Gasteiger partial charge in [0.25, 0.3) is 0 Å². The Morgan fingerprint density at radius 2 is 2.09 bits per heavy atom. The first-order chi connectivity index (χ1) is 10.4. The smallest absolute Gasteiger partial charge is 0.326 e. The highest BCUT2D eigenvalue weighted by molar-refractivity contribution is 5.86. The Bertz CT molecular complexity index is 508. The lowest BCUT2D eigenvalue weighted by Crippen LogP contribution is -2.48. The van der Waals surface area contributed by atoms with Gasteiger partial charge in [-0.2, -0.15) is 0 Å². The average molecular weight is 310 g/mol. The number of carbonyl (C=O) groups is 2. The molecule has 0 radical (unpaired) electrons. The van der Waals surface area contributed by atoms with Crippen LogP contribution in [0.15, 0.2) is 24.3 Å². The van der Waals surface area contributed by atoms with Gasteiger partial charge >= 0.3 is 5.97 Å². The van der Waals surface area contributed by atoms with Crippen LogP contribution in [0.2, 0.25) is 0 Å². The van der Waals surface area contributed by atoms with Gasteiger partial charge in [0, 0.05) is 0 Å². The van der Waals surface area contributed by atoms with Crippen molar-refractivity contribution in [3.8, 4) is 0 Å². The van der Waals surface area contributed by atoms with Crippen molar-refractivity contribution in [1.29, 1.82) is 0 Å². The van der Waals surface area contributed by atoms with Crippen LogP contribution in [0.1, 0.15) is 38.2 Å².